The molecule has 1 saturated heterocycles. The summed E-state index contributed by atoms with van der Waals surface area (Å²) in [5.41, 5.74) is 1.10. The summed E-state index contributed by atoms with van der Waals surface area (Å²) in [7, 11) is 0. The van der Waals surface area contributed by atoms with Gasteiger partial charge < -0.3 is 4.90 Å². The summed E-state index contributed by atoms with van der Waals surface area (Å²) in [5.74, 6) is 1.12. The van der Waals surface area contributed by atoms with E-state index in [-0.39, 0.29) is 16.6 Å². The summed E-state index contributed by atoms with van der Waals surface area (Å²) < 4.78 is 3.42. The summed E-state index contributed by atoms with van der Waals surface area (Å²) in [6, 6.07) is 14.0. The van der Waals surface area contributed by atoms with Gasteiger partial charge in [0, 0.05) is 25.2 Å². The Kier molecular flexibility index (Phi) is 4.85. The van der Waals surface area contributed by atoms with E-state index in [1.54, 1.807) is 10.6 Å². The van der Waals surface area contributed by atoms with Crippen molar-refractivity contribution in [1.82, 2.24) is 19.2 Å². The van der Waals surface area contributed by atoms with E-state index in [1.807, 2.05) is 34.7 Å². The number of aromatic nitrogens is 4. The van der Waals surface area contributed by atoms with Crippen LogP contribution in [-0.2, 0) is 6.54 Å². The minimum absolute atomic E-state index is 0.111. The molecule has 9 heteroatoms. The first kappa shape index (κ1) is 19.2. The standard InChI is InChI=1S/C22H22N6O3/c29-20-18-14-17(28(30)31)10-11-19(18)27-21(25-12-6-1-2-7-13-25)23-24-22(27)26(20)15-16-8-4-3-5-9-16/h3-5,8-11,14H,1-2,6-7,12-13,15H2. The molecule has 0 aliphatic carbocycles. The molecule has 158 valence electrons. The van der Waals surface area contributed by atoms with Crippen LogP contribution in [0.25, 0.3) is 16.7 Å². The number of rotatable bonds is 4. The number of benzene rings is 2. The first-order valence-electron chi connectivity index (χ1n) is 10.5. The fourth-order valence-electron chi connectivity index (χ4n) is 4.28. The Bertz CT molecular complexity index is 1320. The number of nitrogens with zero attached hydrogens (tertiary/aromatic N) is 6. The van der Waals surface area contributed by atoms with Crippen LogP contribution >= 0.6 is 0 Å². The molecule has 1 aliphatic heterocycles. The van der Waals surface area contributed by atoms with Crippen LogP contribution in [0.4, 0.5) is 11.6 Å². The number of hydrogen-bond donors (Lipinski definition) is 0. The van der Waals surface area contributed by atoms with E-state index in [0.29, 0.717) is 23.8 Å². The highest BCUT2D eigenvalue weighted by molar-refractivity contribution is 5.83. The third kappa shape index (κ3) is 3.41. The lowest BCUT2D eigenvalue weighted by Gasteiger charge is -2.21. The fraction of sp³-hybridized carbons (Fsp3) is 0.318. The van der Waals surface area contributed by atoms with Crippen LogP contribution in [-0.4, -0.2) is 37.2 Å². The van der Waals surface area contributed by atoms with Crippen molar-refractivity contribution in [3.05, 3.63) is 74.6 Å². The Morgan fingerprint density at radius 1 is 0.968 bits per heavy atom. The van der Waals surface area contributed by atoms with E-state index < -0.39 is 4.92 Å². The second kappa shape index (κ2) is 7.82. The molecule has 31 heavy (non-hydrogen) atoms. The molecule has 0 unspecified atom stereocenters. The molecule has 0 N–H and O–H groups in total. The lowest BCUT2D eigenvalue weighted by Crippen LogP contribution is -2.28. The van der Waals surface area contributed by atoms with Gasteiger partial charge in [0.05, 0.1) is 22.4 Å². The summed E-state index contributed by atoms with van der Waals surface area (Å²) in [5, 5.41) is 20.5. The third-order valence-electron chi connectivity index (χ3n) is 5.85. The molecule has 0 radical (unpaired) electrons. The van der Waals surface area contributed by atoms with Gasteiger partial charge in [-0.1, -0.05) is 43.2 Å². The maximum absolute atomic E-state index is 13.4. The molecule has 2 aromatic heterocycles. The number of nitro benzene ring substituents is 1. The first-order valence-corrected chi connectivity index (χ1v) is 10.5. The Morgan fingerprint density at radius 3 is 2.42 bits per heavy atom. The van der Waals surface area contributed by atoms with Gasteiger partial charge in [0.25, 0.3) is 11.2 Å². The van der Waals surface area contributed by atoms with Crippen molar-refractivity contribution in [2.24, 2.45) is 0 Å². The zero-order chi connectivity index (χ0) is 21.4. The maximum atomic E-state index is 13.4. The number of hydrogen-bond acceptors (Lipinski definition) is 6. The highest BCUT2D eigenvalue weighted by Crippen LogP contribution is 2.25. The molecule has 0 saturated carbocycles. The SMILES string of the molecule is O=c1c2cc([N+](=O)[O-])ccc2n2c(N3CCCCCC3)nnc2n1Cc1ccccc1. The van der Waals surface area contributed by atoms with Crippen LogP contribution in [0.3, 0.4) is 0 Å². The normalized spacial score (nSPS) is 14.8. The highest BCUT2D eigenvalue weighted by Gasteiger charge is 2.22. The van der Waals surface area contributed by atoms with Crippen LogP contribution in [0.15, 0.2) is 53.3 Å². The van der Waals surface area contributed by atoms with Crippen LogP contribution < -0.4 is 10.5 Å². The van der Waals surface area contributed by atoms with Crippen molar-refractivity contribution in [3.8, 4) is 0 Å². The molecular weight excluding hydrogens is 396 g/mol. The molecule has 0 bridgehead atoms. The minimum Gasteiger partial charge on any atom is -0.341 e. The second-order valence-electron chi connectivity index (χ2n) is 7.87. The smallest absolute Gasteiger partial charge is 0.270 e. The number of nitro groups is 1. The van der Waals surface area contributed by atoms with Crippen LogP contribution in [0, 0.1) is 10.1 Å². The third-order valence-corrected chi connectivity index (χ3v) is 5.85. The molecule has 5 rings (SSSR count). The summed E-state index contributed by atoms with van der Waals surface area (Å²) in [6.07, 6.45) is 4.50. The minimum atomic E-state index is -0.480. The van der Waals surface area contributed by atoms with E-state index in [2.05, 4.69) is 15.1 Å². The van der Waals surface area contributed by atoms with Crippen LogP contribution in [0.1, 0.15) is 31.2 Å². The van der Waals surface area contributed by atoms with Crippen molar-refractivity contribution < 1.29 is 4.92 Å². The van der Waals surface area contributed by atoms with Crippen molar-refractivity contribution in [1.29, 1.82) is 0 Å². The molecule has 0 spiro atoms. The summed E-state index contributed by atoms with van der Waals surface area (Å²) in [4.78, 5) is 26.5. The largest absolute Gasteiger partial charge is 0.341 e. The zero-order valence-electron chi connectivity index (χ0n) is 17.0. The van der Waals surface area contributed by atoms with Gasteiger partial charge in [0.1, 0.15) is 0 Å². The van der Waals surface area contributed by atoms with Gasteiger partial charge in [-0.3, -0.25) is 19.5 Å². The topological polar surface area (TPSA) is 98.6 Å². The molecule has 1 aliphatic rings. The van der Waals surface area contributed by atoms with Gasteiger partial charge in [-0.15, -0.1) is 10.2 Å². The lowest BCUT2D eigenvalue weighted by atomic mass is 10.2. The van der Waals surface area contributed by atoms with Gasteiger partial charge in [-0.25, -0.2) is 4.40 Å². The number of fused-ring (bicyclic) bond motifs is 3. The predicted molar refractivity (Wildman–Crippen MR) is 118 cm³/mol. The Labute approximate surface area is 177 Å². The van der Waals surface area contributed by atoms with Crippen molar-refractivity contribution in [2.45, 2.75) is 32.2 Å². The fourth-order valence-corrected chi connectivity index (χ4v) is 4.28. The number of non-ortho nitro benzene ring substituents is 1. The molecule has 3 heterocycles. The lowest BCUT2D eigenvalue weighted by molar-refractivity contribution is -0.384. The Balaban J connectivity index is 1.79. The first-order chi connectivity index (χ1) is 15.1. The predicted octanol–water partition coefficient (Wildman–Crippen LogP) is 3.38. The van der Waals surface area contributed by atoms with E-state index >= 15 is 0 Å². The van der Waals surface area contributed by atoms with E-state index in [4.69, 9.17) is 0 Å². The van der Waals surface area contributed by atoms with Crippen LogP contribution in [0.2, 0.25) is 0 Å². The van der Waals surface area contributed by atoms with Crippen molar-refractivity contribution in [2.75, 3.05) is 18.0 Å². The van der Waals surface area contributed by atoms with Gasteiger partial charge in [-0.05, 0) is 24.5 Å². The number of anilines is 1. The van der Waals surface area contributed by atoms with Gasteiger partial charge in [0.2, 0.25) is 11.7 Å². The molecule has 0 amide bonds. The Hall–Kier alpha value is -3.75. The molecule has 0 atom stereocenters. The van der Waals surface area contributed by atoms with Crippen molar-refractivity contribution >= 4 is 28.3 Å². The van der Waals surface area contributed by atoms with Gasteiger partial charge in [0.15, 0.2) is 0 Å². The monoisotopic (exact) mass is 418 g/mol. The van der Waals surface area contributed by atoms with E-state index in [1.165, 1.54) is 25.0 Å². The molecule has 1 fully saturated rings. The molecule has 4 aromatic rings. The highest BCUT2D eigenvalue weighted by atomic mass is 16.6. The van der Waals surface area contributed by atoms with E-state index in [9.17, 15) is 14.9 Å². The summed E-state index contributed by atoms with van der Waals surface area (Å²) >= 11 is 0. The molecule has 9 nitrogen and oxygen atoms in total. The van der Waals surface area contributed by atoms with Crippen LogP contribution in [0.5, 0.6) is 0 Å². The van der Waals surface area contributed by atoms with E-state index in [0.717, 1.165) is 31.5 Å². The quantitative estimate of drug-likeness (QED) is 0.372. The van der Waals surface area contributed by atoms with Gasteiger partial charge >= 0.3 is 0 Å². The zero-order valence-corrected chi connectivity index (χ0v) is 17.0. The average Bonchev–Trinajstić information content (AvgIpc) is 3.04. The molecular formula is C22H22N6O3. The Morgan fingerprint density at radius 2 is 1.71 bits per heavy atom. The van der Waals surface area contributed by atoms with Gasteiger partial charge in [-0.2, -0.15) is 0 Å². The summed E-state index contributed by atoms with van der Waals surface area (Å²) in [6.45, 7) is 2.04. The second-order valence-corrected chi connectivity index (χ2v) is 7.87. The molecule has 2 aromatic carbocycles. The maximum Gasteiger partial charge on any atom is 0.270 e. The average molecular weight is 418 g/mol. The van der Waals surface area contributed by atoms with Crippen molar-refractivity contribution in [3.63, 3.8) is 0 Å².